The lowest BCUT2D eigenvalue weighted by molar-refractivity contribution is 0.406. The third-order valence-corrected chi connectivity index (χ3v) is 3.22. The van der Waals surface area contributed by atoms with Crippen LogP contribution in [0.2, 0.25) is 0 Å². The Hall–Kier alpha value is -0.570. The highest BCUT2D eigenvalue weighted by atomic mass is 79.9. The molecule has 1 heterocycles. The van der Waals surface area contributed by atoms with Crippen molar-refractivity contribution in [2.45, 2.75) is 44.9 Å². The second-order valence-electron chi connectivity index (χ2n) is 4.22. The Kier molecular flexibility index (Phi) is 5.26. The monoisotopic (exact) mass is 285 g/mol. The molecule has 0 aromatic carbocycles. The summed E-state index contributed by atoms with van der Waals surface area (Å²) in [6.45, 7) is 6.30. The summed E-state index contributed by atoms with van der Waals surface area (Å²) in [6.07, 6.45) is 5.26. The molecule has 0 aliphatic rings. The SMILES string of the molecule is COc1c(C)cnc(CCCC(C)Br)c1C. The molecule has 2 nitrogen and oxygen atoms in total. The van der Waals surface area contributed by atoms with E-state index in [2.05, 4.69) is 34.8 Å². The summed E-state index contributed by atoms with van der Waals surface area (Å²) < 4.78 is 5.39. The van der Waals surface area contributed by atoms with E-state index in [-0.39, 0.29) is 0 Å². The van der Waals surface area contributed by atoms with Crippen LogP contribution in [0.5, 0.6) is 5.75 Å². The highest BCUT2D eigenvalue weighted by Crippen LogP contribution is 2.25. The number of hydrogen-bond donors (Lipinski definition) is 0. The van der Waals surface area contributed by atoms with E-state index in [1.54, 1.807) is 7.11 Å². The summed E-state index contributed by atoms with van der Waals surface area (Å²) in [7, 11) is 1.72. The van der Waals surface area contributed by atoms with Gasteiger partial charge < -0.3 is 4.74 Å². The van der Waals surface area contributed by atoms with Crippen molar-refractivity contribution in [3.05, 3.63) is 23.0 Å². The van der Waals surface area contributed by atoms with Crippen LogP contribution < -0.4 is 4.74 Å². The van der Waals surface area contributed by atoms with Gasteiger partial charge >= 0.3 is 0 Å². The lowest BCUT2D eigenvalue weighted by atomic mass is 10.1. The van der Waals surface area contributed by atoms with Crippen LogP contribution in [-0.2, 0) is 6.42 Å². The maximum absolute atomic E-state index is 5.39. The van der Waals surface area contributed by atoms with E-state index in [4.69, 9.17) is 4.74 Å². The molecule has 0 saturated heterocycles. The predicted molar refractivity (Wildman–Crippen MR) is 71.6 cm³/mol. The van der Waals surface area contributed by atoms with E-state index in [0.717, 1.165) is 29.8 Å². The standard InChI is InChI=1S/C13H20BrNO/c1-9-8-15-12(7-5-6-10(2)14)11(3)13(9)16-4/h8,10H,5-7H2,1-4H3. The molecule has 0 radical (unpaired) electrons. The molecule has 1 rings (SSSR count). The lowest BCUT2D eigenvalue weighted by Gasteiger charge is -2.12. The van der Waals surface area contributed by atoms with Crippen molar-refractivity contribution in [1.29, 1.82) is 0 Å². The summed E-state index contributed by atoms with van der Waals surface area (Å²) in [5.41, 5.74) is 3.46. The van der Waals surface area contributed by atoms with Gasteiger partial charge in [-0.05, 0) is 33.1 Å². The molecule has 1 unspecified atom stereocenters. The van der Waals surface area contributed by atoms with Gasteiger partial charge in [-0.1, -0.05) is 22.9 Å². The second-order valence-corrected chi connectivity index (χ2v) is 5.78. The van der Waals surface area contributed by atoms with Crippen molar-refractivity contribution in [2.75, 3.05) is 7.11 Å². The van der Waals surface area contributed by atoms with Gasteiger partial charge in [-0.2, -0.15) is 0 Å². The molecule has 3 heteroatoms. The third-order valence-electron chi connectivity index (χ3n) is 2.77. The van der Waals surface area contributed by atoms with E-state index < -0.39 is 0 Å². The number of rotatable bonds is 5. The maximum atomic E-state index is 5.39. The van der Waals surface area contributed by atoms with Gasteiger partial charge in [0.2, 0.25) is 0 Å². The minimum atomic E-state index is 0.583. The molecule has 1 atom stereocenters. The zero-order valence-corrected chi connectivity index (χ0v) is 12.1. The highest BCUT2D eigenvalue weighted by Gasteiger charge is 2.09. The number of aryl methyl sites for hydroxylation is 2. The summed E-state index contributed by atoms with van der Waals surface area (Å²) in [4.78, 5) is 5.07. The molecule has 90 valence electrons. The van der Waals surface area contributed by atoms with E-state index in [1.165, 1.54) is 12.0 Å². The van der Waals surface area contributed by atoms with Crippen LogP contribution in [0.15, 0.2) is 6.20 Å². The summed E-state index contributed by atoms with van der Waals surface area (Å²) in [5.74, 6) is 0.983. The molecule has 0 amide bonds. The number of ether oxygens (including phenoxy) is 1. The van der Waals surface area contributed by atoms with Crippen molar-refractivity contribution in [2.24, 2.45) is 0 Å². The van der Waals surface area contributed by atoms with Gasteiger partial charge in [0, 0.05) is 27.8 Å². The fourth-order valence-corrected chi connectivity index (χ4v) is 2.20. The quantitative estimate of drug-likeness (QED) is 0.768. The Morgan fingerprint density at radius 2 is 2.12 bits per heavy atom. The summed E-state index contributed by atoms with van der Waals surface area (Å²) >= 11 is 3.56. The van der Waals surface area contributed by atoms with Crippen molar-refractivity contribution < 1.29 is 4.74 Å². The zero-order valence-electron chi connectivity index (χ0n) is 10.5. The molecular weight excluding hydrogens is 266 g/mol. The molecule has 0 saturated carbocycles. The Bertz CT molecular complexity index is 350. The molecule has 0 N–H and O–H groups in total. The topological polar surface area (TPSA) is 22.1 Å². The van der Waals surface area contributed by atoms with Gasteiger partial charge in [-0.25, -0.2) is 0 Å². The molecule has 0 aliphatic carbocycles. The smallest absolute Gasteiger partial charge is 0.128 e. The van der Waals surface area contributed by atoms with Crippen LogP contribution in [0.3, 0.4) is 0 Å². The predicted octanol–water partition coefficient (Wildman–Crippen LogP) is 3.81. The highest BCUT2D eigenvalue weighted by molar-refractivity contribution is 9.09. The van der Waals surface area contributed by atoms with Crippen molar-refractivity contribution in [1.82, 2.24) is 4.98 Å². The summed E-state index contributed by atoms with van der Waals surface area (Å²) in [5, 5.41) is 0. The molecule has 1 aromatic heterocycles. The van der Waals surface area contributed by atoms with Crippen LogP contribution in [0, 0.1) is 13.8 Å². The van der Waals surface area contributed by atoms with Gasteiger partial charge in [-0.15, -0.1) is 0 Å². The fourth-order valence-electron chi connectivity index (χ4n) is 1.87. The van der Waals surface area contributed by atoms with Gasteiger partial charge in [-0.3, -0.25) is 4.98 Å². The Morgan fingerprint density at radius 3 is 2.69 bits per heavy atom. The van der Waals surface area contributed by atoms with Crippen molar-refractivity contribution in [3.63, 3.8) is 0 Å². The van der Waals surface area contributed by atoms with Crippen LogP contribution in [-0.4, -0.2) is 16.9 Å². The van der Waals surface area contributed by atoms with E-state index >= 15 is 0 Å². The molecule has 0 fully saturated rings. The molecule has 16 heavy (non-hydrogen) atoms. The first-order chi connectivity index (χ1) is 7.56. The molecule has 0 aliphatic heterocycles. The van der Waals surface area contributed by atoms with Crippen LogP contribution in [0.1, 0.15) is 36.6 Å². The number of halogens is 1. The van der Waals surface area contributed by atoms with Gasteiger partial charge in [0.25, 0.3) is 0 Å². The molecule has 0 bridgehead atoms. The zero-order chi connectivity index (χ0) is 12.1. The largest absolute Gasteiger partial charge is 0.496 e. The van der Waals surface area contributed by atoms with Crippen LogP contribution >= 0.6 is 15.9 Å². The number of methoxy groups -OCH3 is 1. The lowest BCUT2D eigenvalue weighted by Crippen LogP contribution is -2.01. The number of hydrogen-bond acceptors (Lipinski definition) is 2. The summed E-state index contributed by atoms with van der Waals surface area (Å²) in [6, 6.07) is 0. The Morgan fingerprint density at radius 1 is 1.44 bits per heavy atom. The first kappa shape index (κ1) is 13.5. The first-order valence-electron chi connectivity index (χ1n) is 5.69. The Balaban J connectivity index is 2.74. The number of pyridine rings is 1. The molecule has 1 aromatic rings. The number of aromatic nitrogens is 1. The van der Waals surface area contributed by atoms with Gasteiger partial charge in [0.05, 0.1) is 7.11 Å². The minimum absolute atomic E-state index is 0.583. The van der Waals surface area contributed by atoms with E-state index in [1.807, 2.05) is 13.1 Å². The third kappa shape index (κ3) is 3.48. The fraction of sp³-hybridized carbons (Fsp3) is 0.615. The van der Waals surface area contributed by atoms with Crippen molar-refractivity contribution >= 4 is 15.9 Å². The van der Waals surface area contributed by atoms with Crippen LogP contribution in [0.25, 0.3) is 0 Å². The average molecular weight is 286 g/mol. The maximum Gasteiger partial charge on any atom is 0.128 e. The van der Waals surface area contributed by atoms with Gasteiger partial charge in [0.1, 0.15) is 5.75 Å². The van der Waals surface area contributed by atoms with E-state index in [9.17, 15) is 0 Å². The minimum Gasteiger partial charge on any atom is -0.496 e. The van der Waals surface area contributed by atoms with Gasteiger partial charge in [0.15, 0.2) is 0 Å². The van der Waals surface area contributed by atoms with Crippen LogP contribution in [0.4, 0.5) is 0 Å². The number of alkyl halides is 1. The number of nitrogens with zero attached hydrogens (tertiary/aromatic N) is 1. The average Bonchev–Trinajstić information content (AvgIpc) is 2.22. The Labute approximate surface area is 107 Å². The first-order valence-corrected chi connectivity index (χ1v) is 6.61. The second kappa shape index (κ2) is 6.24. The van der Waals surface area contributed by atoms with E-state index in [0.29, 0.717) is 4.83 Å². The molecule has 0 spiro atoms. The molecular formula is C13H20BrNO. The van der Waals surface area contributed by atoms with Crippen molar-refractivity contribution in [3.8, 4) is 5.75 Å². The normalized spacial score (nSPS) is 12.6.